The van der Waals surface area contributed by atoms with Gasteiger partial charge in [0, 0.05) is 25.3 Å². The zero-order valence-electron chi connectivity index (χ0n) is 13.9. The molecule has 0 saturated heterocycles. The first-order valence-electron chi connectivity index (χ1n) is 7.78. The van der Waals surface area contributed by atoms with Crippen LogP contribution in [-0.4, -0.2) is 48.1 Å². The Morgan fingerprint density at radius 3 is 2.17 bits per heavy atom. The summed E-state index contributed by atoms with van der Waals surface area (Å²) in [6.07, 6.45) is -4.64. The van der Waals surface area contributed by atoms with Crippen molar-refractivity contribution >= 4 is 28.6 Å². The molecule has 24 heavy (non-hydrogen) atoms. The number of benzene rings is 1. The second-order valence-corrected chi connectivity index (χ2v) is 5.16. The van der Waals surface area contributed by atoms with Crippen LogP contribution >= 0.6 is 0 Å². The van der Waals surface area contributed by atoms with Gasteiger partial charge in [-0.2, -0.15) is 18.3 Å². The Kier molecular flexibility index (Phi) is 5.26. The minimum absolute atomic E-state index is 0.179. The highest BCUT2D eigenvalue weighted by Gasteiger charge is 2.45. The lowest BCUT2D eigenvalue weighted by molar-refractivity contribution is -0.0570. The zero-order chi connectivity index (χ0) is 17.9. The van der Waals surface area contributed by atoms with Crippen LogP contribution in [0, 0.1) is 5.41 Å². The molecule has 0 amide bonds. The number of alkyl halides is 3. The summed E-state index contributed by atoms with van der Waals surface area (Å²) in [4.78, 5) is 6.14. The second kappa shape index (κ2) is 7.02. The first-order valence-corrected chi connectivity index (χ1v) is 7.78. The van der Waals surface area contributed by atoms with Gasteiger partial charge < -0.3 is 4.90 Å². The molecule has 8 heteroatoms. The summed E-state index contributed by atoms with van der Waals surface area (Å²) >= 11 is 0. The van der Waals surface area contributed by atoms with Crippen LogP contribution in [0.1, 0.15) is 20.8 Å². The molecule has 0 spiro atoms. The predicted molar refractivity (Wildman–Crippen MR) is 90.7 cm³/mol. The Morgan fingerprint density at radius 2 is 1.71 bits per heavy atom. The first kappa shape index (κ1) is 18.0. The molecule has 0 atom stereocenters. The fourth-order valence-electron chi connectivity index (χ4n) is 2.43. The maximum atomic E-state index is 13.1. The number of rotatable bonds is 5. The molecule has 1 N–H and O–H groups in total. The van der Waals surface area contributed by atoms with Gasteiger partial charge in [0.15, 0.2) is 11.5 Å². The summed E-state index contributed by atoms with van der Waals surface area (Å²) in [5.41, 5.74) is -0.229. The lowest BCUT2D eigenvalue weighted by atomic mass is 10.2. The minimum Gasteiger partial charge on any atom is -0.372 e. The number of hydrazone groups is 1. The van der Waals surface area contributed by atoms with Crippen LogP contribution in [0.5, 0.6) is 0 Å². The van der Waals surface area contributed by atoms with Crippen molar-refractivity contribution in [2.45, 2.75) is 26.9 Å². The first-order chi connectivity index (χ1) is 11.3. The smallest absolute Gasteiger partial charge is 0.372 e. The number of anilines is 1. The molecular weight excluding hydrogens is 319 g/mol. The molecule has 1 aliphatic rings. The SMILES string of the molecule is CCN1N=C(C(F)(F)F)C(=Nc2ccc(N(CC)CC)cc2)C1=N. The summed E-state index contributed by atoms with van der Waals surface area (Å²) in [5.74, 6) is -0.336. The third-order valence-corrected chi connectivity index (χ3v) is 3.71. The fraction of sp³-hybridized carbons (Fsp3) is 0.438. The molecule has 0 unspecified atom stereocenters. The van der Waals surface area contributed by atoms with Crippen molar-refractivity contribution < 1.29 is 13.2 Å². The molecule has 0 bridgehead atoms. The average molecular weight is 339 g/mol. The minimum atomic E-state index is -4.64. The molecule has 1 aromatic rings. The van der Waals surface area contributed by atoms with Gasteiger partial charge >= 0.3 is 6.18 Å². The molecular formula is C16H20F3N5. The van der Waals surface area contributed by atoms with Gasteiger partial charge in [0.1, 0.15) is 5.71 Å². The van der Waals surface area contributed by atoms with E-state index in [2.05, 4.69) is 15.0 Å². The number of nitrogens with zero attached hydrogens (tertiary/aromatic N) is 4. The quantitative estimate of drug-likeness (QED) is 0.886. The monoisotopic (exact) mass is 339 g/mol. The number of hydrogen-bond acceptors (Lipinski definition) is 4. The van der Waals surface area contributed by atoms with Gasteiger partial charge in [-0.05, 0) is 45.0 Å². The average Bonchev–Trinajstić information content (AvgIpc) is 2.86. The van der Waals surface area contributed by atoms with Crippen molar-refractivity contribution in [2.75, 3.05) is 24.5 Å². The third kappa shape index (κ3) is 3.58. The molecule has 0 radical (unpaired) electrons. The number of amidine groups is 1. The lowest BCUT2D eigenvalue weighted by Crippen LogP contribution is -2.33. The van der Waals surface area contributed by atoms with Crippen LogP contribution in [0.25, 0.3) is 0 Å². The van der Waals surface area contributed by atoms with E-state index in [0.29, 0.717) is 5.69 Å². The summed E-state index contributed by atoms with van der Waals surface area (Å²) in [7, 11) is 0. The molecule has 0 fully saturated rings. The van der Waals surface area contributed by atoms with Gasteiger partial charge in [0.2, 0.25) is 0 Å². The van der Waals surface area contributed by atoms with Crippen molar-refractivity contribution in [3.63, 3.8) is 0 Å². The third-order valence-electron chi connectivity index (χ3n) is 3.71. The topological polar surface area (TPSA) is 55.1 Å². The Hall–Kier alpha value is -2.38. The number of aliphatic imine (C=N–C) groups is 1. The molecule has 1 heterocycles. The summed E-state index contributed by atoms with van der Waals surface area (Å²) in [6.45, 7) is 7.55. The standard InChI is InChI=1S/C16H20F3N5/c1-4-23(5-2)12-9-7-11(8-10-12)21-13-14(16(17,18)19)22-24(6-3)15(13)20/h7-10,20H,4-6H2,1-3H3. The number of nitrogens with one attached hydrogen (secondary N) is 1. The van der Waals surface area contributed by atoms with E-state index in [9.17, 15) is 13.2 Å². The molecule has 1 aliphatic heterocycles. The fourth-order valence-corrected chi connectivity index (χ4v) is 2.43. The van der Waals surface area contributed by atoms with Crippen LogP contribution in [0.3, 0.4) is 0 Å². The van der Waals surface area contributed by atoms with E-state index in [-0.39, 0.29) is 12.4 Å². The zero-order valence-corrected chi connectivity index (χ0v) is 13.9. The predicted octanol–water partition coefficient (Wildman–Crippen LogP) is 3.84. The molecule has 130 valence electrons. The van der Waals surface area contributed by atoms with Crippen molar-refractivity contribution in [3.05, 3.63) is 24.3 Å². The molecule has 0 saturated carbocycles. The number of hydrogen-bond donors (Lipinski definition) is 1. The summed E-state index contributed by atoms with van der Waals surface area (Å²) in [6, 6.07) is 6.92. The molecule has 0 aromatic heterocycles. The van der Waals surface area contributed by atoms with E-state index in [0.717, 1.165) is 23.8 Å². The highest BCUT2D eigenvalue weighted by Crippen LogP contribution is 2.26. The van der Waals surface area contributed by atoms with Gasteiger partial charge in [-0.25, -0.2) is 10.0 Å². The Balaban J connectivity index is 2.35. The molecule has 2 rings (SSSR count). The van der Waals surface area contributed by atoms with Crippen molar-refractivity contribution in [3.8, 4) is 0 Å². The maximum absolute atomic E-state index is 13.1. The Labute approximate surface area is 139 Å². The van der Waals surface area contributed by atoms with E-state index in [1.807, 2.05) is 26.0 Å². The maximum Gasteiger partial charge on any atom is 0.437 e. The van der Waals surface area contributed by atoms with E-state index >= 15 is 0 Å². The van der Waals surface area contributed by atoms with Gasteiger partial charge in [-0.3, -0.25) is 5.41 Å². The van der Waals surface area contributed by atoms with Gasteiger partial charge in [-0.1, -0.05) is 0 Å². The van der Waals surface area contributed by atoms with Crippen LogP contribution in [0.15, 0.2) is 34.4 Å². The van der Waals surface area contributed by atoms with Crippen molar-refractivity contribution in [1.82, 2.24) is 5.01 Å². The van der Waals surface area contributed by atoms with Gasteiger partial charge in [-0.15, -0.1) is 0 Å². The molecule has 0 aliphatic carbocycles. The summed E-state index contributed by atoms with van der Waals surface area (Å²) < 4.78 is 39.3. The van der Waals surface area contributed by atoms with Crippen LogP contribution in [-0.2, 0) is 0 Å². The Morgan fingerprint density at radius 1 is 1.12 bits per heavy atom. The normalized spacial score (nSPS) is 16.8. The Bertz CT molecular complexity index is 657. The van der Waals surface area contributed by atoms with E-state index < -0.39 is 17.6 Å². The van der Waals surface area contributed by atoms with Crippen molar-refractivity contribution in [1.29, 1.82) is 5.41 Å². The van der Waals surface area contributed by atoms with Crippen molar-refractivity contribution in [2.24, 2.45) is 10.1 Å². The summed E-state index contributed by atoms with van der Waals surface area (Å²) in [5, 5.41) is 12.3. The molecule has 5 nitrogen and oxygen atoms in total. The molecule has 1 aromatic carbocycles. The largest absolute Gasteiger partial charge is 0.437 e. The van der Waals surface area contributed by atoms with Gasteiger partial charge in [0.25, 0.3) is 0 Å². The van der Waals surface area contributed by atoms with Crippen LogP contribution in [0.2, 0.25) is 0 Å². The highest BCUT2D eigenvalue weighted by molar-refractivity contribution is 6.70. The van der Waals surface area contributed by atoms with E-state index in [4.69, 9.17) is 5.41 Å². The van der Waals surface area contributed by atoms with E-state index in [1.165, 1.54) is 0 Å². The van der Waals surface area contributed by atoms with Crippen LogP contribution < -0.4 is 4.90 Å². The highest BCUT2D eigenvalue weighted by atomic mass is 19.4. The number of halogens is 3. The second-order valence-electron chi connectivity index (χ2n) is 5.16. The lowest BCUT2D eigenvalue weighted by Gasteiger charge is -2.20. The van der Waals surface area contributed by atoms with E-state index in [1.54, 1.807) is 19.1 Å². The van der Waals surface area contributed by atoms with Gasteiger partial charge in [0.05, 0.1) is 5.69 Å². The van der Waals surface area contributed by atoms with Crippen LogP contribution in [0.4, 0.5) is 24.5 Å².